The maximum atomic E-state index is 10.1. The molecule has 0 aliphatic rings. The molecule has 2 N–H and O–H groups in total. The minimum absolute atomic E-state index is 0.0822. The molecule has 10 heavy (non-hydrogen) atoms. The largest absolute Gasteiger partial charge is 0.368 e. The molecule has 0 rings (SSSR count). The quantitative estimate of drug-likeness (QED) is 0.551. The third-order valence-electron chi connectivity index (χ3n) is 0.862. The number of carbonyl (C=O) groups is 1. The first-order valence-electron chi connectivity index (χ1n) is 3.18. The number of ether oxygens (including phenoxy) is 2. The molecule has 0 spiro atoms. The van der Waals surface area contributed by atoms with E-state index in [9.17, 15) is 4.79 Å². The van der Waals surface area contributed by atoms with Gasteiger partial charge in [-0.2, -0.15) is 0 Å². The molecule has 0 saturated heterocycles. The number of primary amides is 1. The average molecular weight is 147 g/mol. The lowest BCUT2D eigenvalue weighted by molar-refractivity contribution is -0.147. The van der Waals surface area contributed by atoms with Crippen molar-refractivity contribution in [3.63, 3.8) is 0 Å². The van der Waals surface area contributed by atoms with Gasteiger partial charge in [-0.1, -0.05) is 0 Å². The summed E-state index contributed by atoms with van der Waals surface area (Å²) < 4.78 is 9.81. The molecular weight excluding hydrogens is 134 g/mol. The molecule has 0 saturated carbocycles. The maximum absolute atomic E-state index is 10.1. The van der Waals surface area contributed by atoms with Crippen molar-refractivity contribution < 1.29 is 14.3 Å². The average Bonchev–Trinajstić information content (AvgIpc) is 1.85. The van der Waals surface area contributed by atoms with Crippen molar-refractivity contribution in [1.82, 2.24) is 0 Å². The topological polar surface area (TPSA) is 61.6 Å². The SMILES string of the molecule is CCOC(C)OCC(N)=O. The predicted molar refractivity (Wildman–Crippen MR) is 36.2 cm³/mol. The van der Waals surface area contributed by atoms with Crippen LogP contribution in [0, 0.1) is 0 Å². The molecule has 0 aliphatic carbocycles. The normalized spacial score (nSPS) is 13.0. The van der Waals surface area contributed by atoms with Gasteiger partial charge >= 0.3 is 0 Å². The van der Waals surface area contributed by atoms with Gasteiger partial charge in [-0.3, -0.25) is 4.79 Å². The van der Waals surface area contributed by atoms with Crippen molar-refractivity contribution >= 4 is 5.91 Å². The summed E-state index contributed by atoms with van der Waals surface area (Å²) >= 11 is 0. The van der Waals surface area contributed by atoms with Gasteiger partial charge in [-0.25, -0.2) is 0 Å². The van der Waals surface area contributed by atoms with Gasteiger partial charge in [0.25, 0.3) is 0 Å². The van der Waals surface area contributed by atoms with Crippen molar-refractivity contribution in [3.05, 3.63) is 0 Å². The minimum atomic E-state index is -0.480. The number of nitrogens with two attached hydrogens (primary N) is 1. The van der Waals surface area contributed by atoms with Gasteiger partial charge in [-0.05, 0) is 13.8 Å². The summed E-state index contributed by atoms with van der Waals surface area (Å²) in [5.74, 6) is -0.480. The van der Waals surface area contributed by atoms with E-state index in [0.717, 1.165) is 0 Å². The van der Waals surface area contributed by atoms with Crippen LogP contribution in [0.15, 0.2) is 0 Å². The van der Waals surface area contributed by atoms with Crippen LogP contribution >= 0.6 is 0 Å². The van der Waals surface area contributed by atoms with E-state index in [1.54, 1.807) is 6.92 Å². The fourth-order valence-corrected chi connectivity index (χ4v) is 0.482. The molecule has 1 amide bonds. The van der Waals surface area contributed by atoms with Crippen molar-refractivity contribution in [1.29, 1.82) is 0 Å². The van der Waals surface area contributed by atoms with Crippen LogP contribution in [0.5, 0.6) is 0 Å². The maximum Gasteiger partial charge on any atom is 0.243 e. The Morgan fingerprint density at radius 1 is 1.60 bits per heavy atom. The van der Waals surface area contributed by atoms with Crippen LogP contribution in [0.3, 0.4) is 0 Å². The molecule has 0 fully saturated rings. The minimum Gasteiger partial charge on any atom is -0.368 e. The molecular formula is C6H13NO3. The van der Waals surface area contributed by atoms with Crippen molar-refractivity contribution in [2.24, 2.45) is 5.73 Å². The predicted octanol–water partition coefficient (Wildman–Crippen LogP) is -0.129. The molecule has 0 heterocycles. The highest BCUT2D eigenvalue weighted by Gasteiger charge is 2.01. The van der Waals surface area contributed by atoms with E-state index in [1.807, 2.05) is 6.92 Å². The third kappa shape index (κ3) is 5.53. The Morgan fingerprint density at radius 3 is 2.60 bits per heavy atom. The van der Waals surface area contributed by atoms with Crippen LogP contribution in [0.2, 0.25) is 0 Å². The highest BCUT2D eigenvalue weighted by molar-refractivity contribution is 5.74. The molecule has 0 bridgehead atoms. The Hall–Kier alpha value is -0.610. The molecule has 60 valence electrons. The smallest absolute Gasteiger partial charge is 0.243 e. The lowest BCUT2D eigenvalue weighted by atomic mass is 10.6. The summed E-state index contributed by atoms with van der Waals surface area (Å²) in [7, 11) is 0. The van der Waals surface area contributed by atoms with E-state index in [0.29, 0.717) is 6.61 Å². The summed E-state index contributed by atoms with van der Waals surface area (Å²) in [4.78, 5) is 10.1. The monoisotopic (exact) mass is 147 g/mol. The van der Waals surface area contributed by atoms with Crippen molar-refractivity contribution in [2.45, 2.75) is 20.1 Å². The lowest BCUT2D eigenvalue weighted by Gasteiger charge is -2.10. The van der Waals surface area contributed by atoms with Crippen LogP contribution < -0.4 is 5.73 Å². The molecule has 0 aromatic heterocycles. The van der Waals surface area contributed by atoms with E-state index in [4.69, 9.17) is 15.2 Å². The summed E-state index contributed by atoms with van der Waals surface area (Å²) in [6, 6.07) is 0. The van der Waals surface area contributed by atoms with Gasteiger partial charge in [0, 0.05) is 6.61 Å². The highest BCUT2D eigenvalue weighted by Crippen LogP contribution is 1.90. The lowest BCUT2D eigenvalue weighted by Crippen LogP contribution is -2.23. The van der Waals surface area contributed by atoms with Crippen molar-refractivity contribution in [2.75, 3.05) is 13.2 Å². The Kier molecular flexibility index (Phi) is 4.88. The van der Waals surface area contributed by atoms with Gasteiger partial charge in [-0.15, -0.1) is 0 Å². The second-order valence-corrected chi connectivity index (χ2v) is 1.80. The van der Waals surface area contributed by atoms with Crippen LogP contribution in [-0.2, 0) is 14.3 Å². The zero-order valence-corrected chi connectivity index (χ0v) is 6.29. The summed E-state index contributed by atoms with van der Waals surface area (Å²) in [6.45, 7) is 4.05. The Labute approximate surface area is 60.3 Å². The zero-order chi connectivity index (χ0) is 7.98. The fourth-order valence-electron chi connectivity index (χ4n) is 0.482. The van der Waals surface area contributed by atoms with Crippen LogP contribution in [0.4, 0.5) is 0 Å². The number of hydrogen-bond donors (Lipinski definition) is 1. The Bertz CT molecular complexity index is 105. The Balaban J connectivity index is 3.21. The van der Waals surface area contributed by atoms with E-state index in [1.165, 1.54) is 0 Å². The molecule has 1 atom stereocenters. The first-order chi connectivity index (χ1) is 4.66. The van der Waals surface area contributed by atoms with Crippen molar-refractivity contribution in [3.8, 4) is 0 Å². The van der Waals surface area contributed by atoms with Crippen LogP contribution in [0.25, 0.3) is 0 Å². The standard InChI is InChI=1S/C6H13NO3/c1-3-9-5(2)10-4-6(7)8/h5H,3-4H2,1-2H3,(H2,7,8). The van der Waals surface area contributed by atoms with Gasteiger partial charge in [0.2, 0.25) is 5.91 Å². The van der Waals surface area contributed by atoms with Gasteiger partial charge in [0.15, 0.2) is 6.29 Å². The Morgan fingerprint density at radius 2 is 2.20 bits per heavy atom. The number of amides is 1. The summed E-state index contributed by atoms with van der Waals surface area (Å²) in [6.07, 6.45) is -0.350. The molecule has 4 nitrogen and oxygen atoms in total. The molecule has 0 radical (unpaired) electrons. The number of hydrogen-bond acceptors (Lipinski definition) is 3. The fraction of sp³-hybridized carbons (Fsp3) is 0.833. The van der Waals surface area contributed by atoms with E-state index in [-0.39, 0.29) is 12.9 Å². The molecule has 0 aromatic carbocycles. The number of rotatable bonds is 5. The van der Waals surface area contributed by atoms with Gasteiger partial charge < -0.3 is 15.2 Å². The molecule has 0 aliphatic heterocycles. The van der Waals surface area contributed by atoms with Gasteiger partial charge in [0.1, 0.15) is 6.61 Å². The van der Waals surface area contributed by atoms with Crippen LogP contribution in [0.1, 0.15) is 13.8 Å². The zero-order valence-electron chi connectivity index (χ0n) is 6.29. The summed E-state index contributed by atoms with van der Waals surface area (Å²) in [5.41, 5.74) is 4.82. The third-order valence-corrected chi connectivity index (χ3v) is 0.862. The second kappa shape index (κ2) is 5.20. The van der Waals surface area contributed by atoms with Crippen LogP contribution in [-0.4, -0.2) is 25.4 Å². The molecule has 0 aromatic rings. The van der Waals surface area contributed by atoms with E-state index >= 15 is 0 Å². The van der Waals surface area contributed by atoms with Gasteiger partial charge in [0.05, 0.1) is 0 Å². The first-order valence-corrected chi connectivity index (χ1v) is 3.18. The highest BCUT2D eigenvalue weighted by atomic mass is 16.7. The first kappa shape index (κ1) is 9.39. The van der Waals surface area contributed by atoms with E-state index in [2.05, 4.69) is 0 Å². The summed E-state index contributed by atoms with van der Waals surface area (Å²) in [5, 5.41) is 0. The second-order valence-electron chi connectivity index (χ2n) is 1.80. The van der Waals surface area contributed by atoms with E-state index < -0.39 is 5.91 Å². The number of carbonyl (C=O) groups excluding carboxylic acids is 1. The molecule has 1 unspecified atom stereocenters. The molecule has 4 heteroatoms.